The number of hydrogen-bond acceptors (Lipinski definition) is 2. The van der Waals surface area contributed by atoms with Crippen LogP contribution in [0.5, 0.6) is 5.75 Å². The first-order valence-corrected chi connectivity index (χ1v) is 4.73. The summed E-state index contributed by atoms with van der Waals surface area (Å²) >= 11 is 0. The van der Waals surface area contributed by atoms with Crippen LogP contribution in [0.15, 0.2) is 42.5 Å². The molecule has 1 amide bonds. The third kappa shape index (κ3) is 2.39. The lowest BCUT2D eigenvalue weighted by atomic mass is 10.2. The van der Waals surface area contributed by atoms with E-state index in [2.05, 4.69) is 17.4 Å². The minimum Gasteiger partial charge on any atom is -0.508 e. The molecular formula is C13H9NO2. The van der Waals surface area contributed by atoms with E-state index in [1.165, 1.54) is 12.1 Å². The largest absolute Gasteiger partial charge is 0.508 e. The number of nitrogens with one attached hydrogen (secondary N) is 1. The average Bonchev–Trinajstić information content (AvgIpc) is 2.33. The van der Waals surface area contributed by atoms with Crippen LogP contribution in [0, 0.1) is 12.1 Å². The van der Waals surface area contributed by atoms with Crippen LogP contribution in [0.2, 0.25) is 0 Å². The van der Waals surface area contributed by atoms with Crippen molar-refractivity contribution in [2.75, 3.05) is 5.32 Å². The van der Waals surface area contributed by atoms with Crippen LogP contribution < -0.4 is 5.32 Å². The minimum absolute atomic E-state index is 0.166. The van der Waals surface area contributed by atoms with Crippen LogP contribution in [0.1, 0.15) is 10.4 Å². The van der Waals surface area contributed by atoms with Crippen LogP contribution >= 0.6 is 0 Å². The SMILES string of the molecule is O=C(Nc1ccc(O)cc1)c1c[c]c[c]c1. The molecule has 0 fully saturated rings. The topological polar surface area (TPSA) is 49.3 Å². The molecule has 0 saturated carbocycles. The molecule has 2 rings (SSSR count). The van der Waals surface area contributed by atoms with Crippen molar-refractivity contribution in [2.45, 2.75) is 0 Å². The predicted molar refractivity (Wildman–Crippen MR) is 60.2 cm³/mol. The van der Waals surface area contributed by atoms with E-state index in [4.69, 9.17) is 5.11 Å². The van der Waals surface area contributed by atoms with Gasteiger partial charge in [-0.3, -0.25) is 4.79 Å². The summed E-state index contributed by atoms with van der Waals surface area (Å²) in [7, 11) is 0. The van der Waals surface area contributed by atoms with Crippen molar-refractivity contribution in [1.82, 2.24) is 0 Å². The minimum atomic E-state index is -0.223. The molecule has 0 aliphatic carbocycles. The van der Waals surface area contributed by atoms with Crippen molar-refractivity contribution in [3.8, 4) is 5.75 Å². The summed E-state index contributed by atoms with van der Waals surface area (Å²) in [5, 5.41) is 11.8. The van der Waals surface area contributed by atoms with Gasteiger partial charge in [-0.15, -0.1) is 0 Å². The number of phenols is 1. The van der Waals surface area contributed by atoms with Crippen molar-refractivity contribution in [3.63, 3.8) is 0 Å². The van der Waals surface area contributed by atoms with Gasteiger partial charge in [-0.2, -0.15) is 0 Å². The molecule has 2 aromatic rings. The molecule has 0 saturated heterocycles. The zero-order valence-electron chi connectivity index (χ0n) is 8.40. The average molecular weight is 211 g/mol. The zero-order valence-corrected chi connectivity index (χ0v) is 8.40. The molecule has 2 N–H and O–H groups in total. The van der Waals surface area contributed by atoms with Gasteiger partial charge in [0.05, 0.1) is 0 Å². The number of anilines is 1. The maximum Gasteiger partial charge on any atom is 0.255 e. The Balaban J connectivity index is 2.11. The van der Waals surface area contributed by atoms with Gasteiger partial charge < -0.3 is 10.4 Å². The molecule has 0 aromatic heterocycles. The standard InChI is InChI=1S/C13H9NO2/c15-12-8-6-11(7-9-12)14-13(16)10-4-2-1-3-5-10/h1,4-9,15H,(H,14,16). The Morgan fingerprint density at radius 3 is 2.38 bits per heavy atom. The summed E-state index contributed by atoms with van der Waals surface area (Å²) in [4.78, 5) is 11.7. The Bertz CT molecular complexity index is 477. The van der Waals surface area contributed by atoms with Crippen LogP contribution in [-0.2, 0) is 0 Å². The van der Waals surface area contributed by atoms with E-state index in [1.807, 2.05) is 0 Å². The molecule has 2 radical (unpaired) electrons. The Morgan fingerprint density at radius 1 is 1.12 bits per heavy atom. The second-order valence-electron chi connectivity index (χ2n) is 3.22. The van der Waals surface area contributed by atoms with Crippen LogP contribution in [-0.4, -0.2) is 11.0 Å². The number of rotatable bonds is 2. The van der Waals surface area contributed by atoms with Gasteiger partial charge in [0.15, 0.2) is 0 Å². The Kier molecular flexibility index (Phi) is 2.87. The van der Waals surface area contributed by atoms with E-state index in [1.54, 1.807) is 30.3 Å². The predicted octanol–water partition coefficient (Wildman–Crippen LogP) is 2.24. The highest BCUT2D eigenvalue weighted by Gasteiger charge is 2.04. The van der Waals surface area contributed by atoms with E-state index in [0.717, 1.165) is 0 Å². The lowest BCUT2D eigenvalue weighted by Gasteiger charge is -2.04. The first kappa shape index (κ1) is 10.2. The highest BCUT2D eigenvalue weighted by molar-refractivity contribution is 6.04. The molecule has 0 aliphatic rings. The van der Waals surface area contributed by atoms with Gasteiger partial charge >= 0.3 is 0 Å². The number of phenolic OH excluding ortho intramolecular Hbond substituents is 1. The zero-order chi connectivity index (χ0) is 11.4. The number of benzene rings is 2. The van der Waals surface area contributed by atoms with Crippen molar-refractivity contribution >= 4 is 11.6 Å². The number of aromatic hydroxyl groups is 1. The summed E-state index contributed by atoms with van der Waals surface area (Å²) in [5.74, 6) is -0.0573. The third-order valence-electron chi connectivity index (χ3n) is 2.03. The van der Waals surface area contributed by atoms with Crippen molar-refractivity contribution in [1.29, 1.82) is 0 Å². The number of hydrogen-bond donors (Lipinski definition) is 2. The van der Waals surface area contributed by atoms with Crippen LogP contribution in [0.3, 0.4) is 0 Å². The quantitative estimate of drug-likeness (QED) is 0.748. The Hall–Kier alpha value is -2.29. The summed E-state index contributed by atoms with van der Waals surface area (Å²) in [6.45, 7) is 0. The lowest BCUT2D eigenvalue weighted by molar-refractivity contribution is 0.102. The first-order chi connectivity index (χ1) is 7.75. The highest BCUT2D eigenvalue weighted by Crippen LogP contribution is 2.14. The van der Waals surface area contributed by atoms with Gasteiger partial charge in [0, 0.05) is 11.3 Å². The lowest BCUT2D eigenvalue weighted by Crippen LogP contribution is -2.11. The Labute approximate surface area is 93.4 Å². The Morgan fingerprint density at radius 2 is 1.75 bits per heavy atom. The molecular weight excluding hydrogens is 202 g/mol. The molecule has 2 aromatic carbocycles. The number of amides is 1. The van der Waals surface area contributed by atoms with Gasteiger partial charge in [-0.05, 0) is 54.6 Å². The van der Waals surface area contributed by atoms with Gasteiger partial charge in [0.2, 0.25) is 0 Å². The molecule has 78 valence electrons. The third-order valence-corrected chi connectivity index (χ3v) is 2.03. The van der Waals surface area contributed by atoms with Gasteiger partial charge in [0.1, 0.15) is 5.75 Å². The molecule has 0 atom stereocenters. The monoisotopic (exact) mass is 211 g/mol. The van der Waals surface area contributed by atoms with Crippen LogP contribution in [0.4, 0.5) is 5.69 Å². The molecule has 0 aliphatic heterocycles. The maximum atomic E-state index is 11.7. The van der Waals surface area contributed by atoms with Gasteiger partial charge in [-0.1, -0.05) is 0 Å². The fourth-order valence-electron chi connectivity index (χ4n) is 1.23. The second kappa shape index (κ2) is 4.49. The van der Waals surface area contributed by atoms with E-state index < -0.39 is 0 Å². The smallest absolute Gasteiger partial charge is 0.255 e. The molecule has 16 heavy (non-hydrogen) atoms. The van der Waals surface area contributed by atoms with E-state index in [0.29, 0.717) is 11.3 Å². The van der Waals surface area contributed by atoms with Crippen molar-refractivity contribution < 1.29 is 9.90 Å². The van der Waals surface area contributed by atoms with Gasteiger partial charge in [0.25, 0.3) is 5.91 Å². The first-order valence-electron chi connectivity index (χ1n) is 4.73. The van der Waals surface area contributed by atoms with E-state index in [-0.39, 0.29) is 11.7 Å². The highest BCUT2D eigenvalue weighted by atomic mass is 16.3. The molecule has 3 heteroatoms. The number of carbonyl (C=O) groups is 1. The fraction of sp³-hybridized carbons (Fsp3) is 0. The van der Waals surface area contributed by atoms with Crippen molar-refractivity contribution in [3.05, 3.63) is 60.2 Å². The van der Waals surface area contributed by atoms with E-state index >= 15 is 0 Å². The summed E-state index contributed by atoms with van der Waals surface area (Å²) in [6.07, 6.45) is 0. The summed E-state index contributed by atoms with van der Waals surface area (Å²) in [6, 6.07) is 16.6. The molecule has 0 heterocycles. The molecule has 0 spiro atoms. The molecule has 3 nitrogen and oxygen atoms in total. The fourth-order valence-corrected chi connectivity index (χ4v) is 1.23. The maximum absolute atomic E-state index is 11.7. The normalized spacial score (nSPS) is 9.75. The van der Waals surface area contributed by atoms with Crippen molar-refractivity contribution in [2.24, 2.45) is 0 Å². The second-order valence-corrected chi connectivity index (χ2v) is 3.22. The van der Waals surface area contributed by atoms with E-state index in [9.17, 15) is 4.79 Å². The van der Waals surface area contributed by atoms with Crippen LogP contribution in [0.25, 0.3) is 0 Å². The number of carbonyl (C=O) groups excluding carboxylic acids is 1. The summed E-state index contributed by atoms with van der Waals surface area (Å²) < 4.78 is 0. The molecule has 0 unspecified atom stereocenters. The summed E-state index contributed by atoms with van der Waals surface area (Å²) in [5.41, 5.74) is 1.13. The van der Waals surface area contributed by atoms with Gasteiger partial charge in [-0.25, -0.2) is 0 Å². The molecule has 0 bridgehead atoms.